The van der Waals surface area contributed by atoms with E-state index in [2.05, 4.69) is 35.4 Å². The zero-order valence-corrected chi connectivity index (χ0v) is 19.8. The number of amides is 2. The third-order valence-corrected chi connectivity index (χ3v) is 8.16. The van der Waals surface area contributed by atoms with E-state index in [4.69, 9.17) is 0 Å². The van der Waals surface area contributed by atoms with Crippen LogP contribution in [0.4, 0.5) is 5.69 Å². The van der Waals surface area contributed by atoms with Crippen LogP contribution >= 0.6 is 0 Å². The van der Waals surface area contributed by atoms with E-state index in [0.717, 1.165) is 35.9 Å². The van der Waals surface area contributed by atoms with E-state index in [1.54, 1.807) is 0 Å². The summed E-state index contributed by atoms with van der Waals surface area (Å²) in [4.78, 5) is 26.8. The van der Waals surface area contributed by atoms with Crippen molar-refractivity contribution < 1.29 is 18.0 Å². The van der Waals surface area contributed by atoms with Crippen LogP contribution in [0.25, 0.3) is 0 Å². The fourth-order valence-electron chi connectivity index (χ4n) is 4.36. The molecule has 9 heteroatoms. The van der Waals surface area contributed by atoms with Crippen molar-refractivity contribution in [1.82, 2.24) is 14.5 Å². The molecule has 8 nitrogen and oxygen atoms in total. The Labute approximate surface area is 195 Å². The van der Waals surface area contributed by atoms with E-state index in [-0.39, 0.29) is 36.3 Å². The number of piperazine rings is 1. The van der Waals surface area contributed by atoms with Crippen molar-refractivity contribution in [3.63, 3.8) is 0 Å². The normalized spacial score (nSPS) is 17.9. The molecule has 1 unspecified atom stereocenters. The number of carbonyl (C=O) groups excluding carboxylic acids is 2. The van der Waals surface area contributed by atoms with Crippen LogP contribution in [-0.2, 0) is 27.9 Å². The number of nitrogens with zero attached hydrogens (tertiary/aromatic N) is 2. The average Bonchev–Trinajstić information content (AvgIpc) is 3.23. The quantitative estimate of drug-likeness (QED) is 0.648. The first-order valence-electron chi connectivity index (χ1n) is 11.3. The molecule has 2 aliphatic rings. The van der Waals surface area contributed by atoms with Gasteiger partial charge in [0.2, 0.25) is 15.9 Å². The Morgan fingerprint density at radius 1 is 1.09 bits per heavy atom. The van der Waals surface area contributed by atoms with E-state index < -0.39 is 10.0 Å². The van der Waals surface area contributed by atoms with E-state index in [1.807, 2.05) is 12.1 Å². The molecule has 176 valence electrons. The molecule has 2 amide bonds. The zero-order valence-electron chi connectivity index (χ0n) is 19.0. The van der Waals surface area contributed by atoms with E-state index in [1.165, 1.54) is 35.4 Å². The molecular weight excluding hydrogens is 440 g/mol. The monoisotopic (exact) mass is 470 g/mol. The lowest BCUT2D eigenvalue weighted by molar-refractivity contribution is -0.122. The van der Waals surface area contributed by atoms with Gasteiger partial charge in [0.1, 0.15) is 0 Å². The average molecular weight is 471 g/mol. The van der Waals surface area contributed by atoms with Gasteiger partial charge >= 0.3 is 0 Å². The zero-order chi connectivity index (χ0) is 23.6. The maximum Gasteiger partial charge on any atom is 0.255 e. The van der Waals surface area contributed by atoms with Gasteiger partial charge in [0.05, 0.1) is 11.4 Å². The summed E-state index contributed by atoms with van der Waals surface area (Å²) in [7, 11) is -3.78. The van der Waals surface area contributed by atoms with Gasteiger partial charge < -0.3 is 10.6 Å². The molecule has 2 N–H and O–H groups in total. The number of carbonyl (C=O) groups is 2. The lowest BCUT2D eigenvalue weighted by Gasteiger charge is -2.25. The molecule has 0 aliphatic carbocycles. The Bertz CT molecular complexity index is 1150. The molecule has 1 saturated heterocycles. The summed E-state index contributed by atoms with van der Waals surface area (Å²) in [6, 6.07) is 12.3. The van der Waals surface area contributed by atoms with Crippen LogP contribution in [0.15, 0.2) is 47.4 Å². The van der Waals surface area contributed by atoms with Crippen molar-refractivity contribution in [1.29, 1.82) is 0 Å². The Kier molecular flexibility index (Phi) is 6.83. The maximum atomic E-state index is 12.8. The van der Waals surface area contributed by atoms with Crippen LogP contribution in [0.1, 0.15) is 48.2 Å². The number of nitrogens with one attached hydrogen (secondary N) is 2. The molecule has 0 spiro atoms. The second kappa shape index (κ2) is 9.62. The van der Waals surface area contributed by atoms with Crippen LogP contribution in [0, 0.1) is 0 Å². The van der Waals surface area contributed by atoms with Gasteiger partial charge in [-0.15, -0.1) is 0 Å². The molecule has 1 atom stereocenters. The third-order valence-electron chi connectivity index (χ3n) is 6.30. The van der Waals surface area contributed by atoms with Crippen LogP contribution in [-0.4, -0.2) is 55.1 Å². The summed E-state index contributed by atoms with van der Waals surface area (Å²) in [6.07, 6.45) is 2.32. The molecule has 33 heavy (non-hydrogen) atoms. The highest BCUT2D eigenvalue weighted by atomic mass is 32.2. The maximum absolute atomic E-state index is 12.8. The summed E-state index contributed by atoms with van der Waals surface area (Å²) in [6.45, 7) is 6.57. The molecule has 2 aliphatic heterocycles. The van der Waals surface area contributed by atoms with Gasteiger partial charge in [-0.05, 0) is 60.9 Å². The van der Waals surface area contributed by atoms with Crippen molar-refractivity contribution in [2.24, 2.45) is 0 Å². The standard InChI is InChI=1S/C24H30N4O4S/c1-3-4-17(2)27-14-19-5-8-21(13-20(19)15-27)26-24(30)18-6-9-22(10-7-18)33(31,32)28-12-11-25-23(29)16-28/h5-10,13,17H,3-4,11-12,14-16H2,1-2H3,(H,25,29)(H,26,30). The largest absolute Gasteiger partial charge is 0.354 e. The van der Waals surface area contributed by atoms with Crippen LogP contribution < -0.4 is 10.6 Å². The highest BCUT2D eigenvalue weighted by molar-refractivity contribution is 7.89. The predicted octanol–water partition coefficient (Wildman–Crippen LogP) is 2.56. The van der Waals surface area contributed by atoms with Crippen molar-refractivity contribution in [3.8, 4) is 0 Å². The lowest BCUT2D eigenvalue weighted by atomic mass is 10.1. The topological polar surface area (TPSA) is 98.8 Å². The number of benzene rings is 2. The first kappa shape index (κ1) is 23.4. The molecule has 2 aromatic carbocycles. The number of hydrogen-bond acceptors (Lipinski definition) is 5. The fraction of sp³-hybridized carbons (Fsp3) is 0.417. The highest BCUT2D eigenvalue weighted by Crippen LogP contribution is 2.28. The van der Waals surface area contributed by atoms with Crippen molar-refractivity contribution in [3.05, 3.63) is 59.2 Å². The van der Waals surface area contributed by atoms with Gasteiger partial charge in [-0.25, -0.2) is 8.42 Å². The minimum absolute atomic E-state index is 0.0626. The Hall–Kier alpha value is -2.75. The van der Waals surface area contributed by atoms with Gasteiger partial charge in [0.25, 0.3) is 5.91 Å². The van der Waals surface area contributed by atoms with Crippen molar-refractivity contribution >= 4 is 27.5 Å². The van der Waals surface area contributed by atoms with Crippen molar-refractivity contribution in [2.75, 3.05) is 25.0 Å². The Morgan fingerprint density at radius 3 is 2.52 bits per heavy atom. The molecule has 2 aromatic rings. The van der Waals surface area contributed by atoms with E-state index >= 15 is 0 Å². The van der Waals surface area contributed by atoms with Gasteiger partial charge in [-0.3, -0.25) is 14.5 Å². The first-order valence-corrected chi connectivity index (χ1v) is 12.8. The number of anilines is 1. The molecular formula is C24H30N4O4S. The van der Waals surface area contributed by atoms with Crippen LogP contribution in [0.3, 0.4) is 0 Å². The van der Waals surface area contributed by atoms with Gasteiger partial charge in [0, 0.05) is 43.5 Å². The highest BCUT2D eigenvalue weighted by Gasteiger charge is 2.29. The smallest absolute Gasteiger partial charge is 0.255 e. The molecule has 0 bridgehead atoms. The Balaban J connectivity index is 1.42. The molecule has 0 radical (unpaired) electrons. The number of fused-ring (bicyclic) bond motifs is 1. The summed E-state index contributed by atoms with van der Waals surface area (Å²) in [5.41, 5.74) is 3.60. The Morgan fingerprint density at radius 2 is 1.82 bits per heavy atom. The predicted molar refractivity (Wildman–Crippen MR) is 126 cm³/mol. The molecule has 0 aromatic heterocycles. The second-order valence-corrected chi connectivity index (χ2v) is 10.6. The minimum atomic E-state index is -3.78. The van der Waals surface area contributed by atoms with Gasteiger partial charge in [-0.2, -0.15) is 4.31 Å². The van der Waals surface area contributed by atoms with E-state index in [9.17, 15) is 18.0 Å². The summed E-state index contributed by atoms with van der Waals surface area (Å²) in [5, 5.41) is 5.53. The molecule has 0 saturated carbocycles. The second-order valence-electron chi connectivity index (χ2n) is 8.69. The van der Waals surface area contributed by atoms with Gasteiger partial charge in [-0.1, -0.05) is 19.4 Å². The summed E-state index contributed by atoms with van der Waals surface area (Å²) in [5.74, 6) is -0.622. The number of rotatable bonds is 7. The molecule has 4 rings (SSSR count). The number of hydrogen-bond donors (Lipinski definition) is 2. The summed E-state index contributed by atoms with van der Waals surface area (Å²) < 4.78 is 26.7. The minimum Gasteiger partial charge on any atom is -0.354 e. The number of sulfonamides is 1. The molecule has 2 heterocycles. The van der Waals surface area contributed by atoms with Crippen molar-refractivity contribution in [2.45, 2.75) is 50.7 Å². The van der Waals surface area contributed by atoms with Crippen LogP contribution in [0.2, 0.25) is 0 Å². The summed E-state index contributed by atoms with van der Waals surface area (Å²) >= 11 is 0. The SMILES string of the molecule is CCCC(C)N1Cc2ccc(NC(=O)c3ccc(S(=O)(=O)N4CCNC(=O)C4)cc3)cc2C1. The first-order chi connectivity index (χ1) is 15.8. The van der Waals surface area contributed by atoms with Crippen LogP contribution in [0.5, 0.6) is 0 Å². The fourth-order valence-corrected chi connectivity index (χ4v) is 5.76. The third kappa shape index (κ3) is 5.10. The van der Waals surface area contributed by atoms with E-state index in [0.29, 0.717) is 11.6 Å². The molecule has 1 fully saturated rings. The lowest BCUT2D eigenvalue weighted by Crippen LogP contribution is -2.49. The van der Waals surface area contributed by atoms with Gasteiger partial charge in [0.15, 0.2) is 0 Å².